The topological polar surface area (TPSA) is 132 Å². The van der Waals surface area contributed by atoms with Crippen molar-refractivity contribution in [2.75, 3.05) is 0 Å². The fourth-order valence-corrected chi connectivity index (χ4v) is 3.21. The number of fused-ring (bicyclic) bond motifs is 1. The molecule has 0 saturated heterocycles. The predicted octanol–water partition coefficient (Wildman–Crippen LogP) is 0.388. The number of carbonyl (C=O) groups is 1. The van der Waals surface area contributed by atoms with E-state index in [4.69, 9.17) is 5.11 Å². The van der Waals surface area contributed by atoms with Crippen LogP contribution in [0.25, 0.3) is 11.0 Å². The maximum Gasteiger partial charge on any atom is 0.323 e. The highest BCUT2D eigenvalue weighted by atomic mass is 32.2. The molecule has 0 amide bonds. The third kappa shape index (κ3) is 3.31. The highest BCUT2D eigenvalue weighted by Crippen LogP contribution is 2.16. The first-order chi connectivity index (χ1) is 9.83. The van der Waals surface area contributed by atoms with E-state index >= 15 is 0 Å². The third-order valence-corrected chi connectivity index (χ3v) is 4.44. The van der Waals surface area contributed by atoms with Gasteiger partial charge in [0.2, 0.25) is 10.0 Å². The first kappa shape index (κ1) is 15.3. The summed E-state index contributed by atoms with van der Waals surface area (Å²) in [6.45, 7) is 1.76. The van der Waals surface area contributed by atoms with E-state index in [1.54, 1.807) is 6.92 Å². The molecule has 21 heavy (non-hydrogen) atoms. The summed E-state index contributed by atoms with van der Waals surface area (Å²) in [4.78, 5) is 27.0. The molecule has 4 N–H and O–H groups in total. The van der Waals surface area contributed by atoms with Crippen LogP contribution >= 0.6 is 0 Å². The molecule has 0 aliphatic heterocycles. The van der Waals surface area contributed by atoms with Crippen molar-refractivity contribution in [2.24, 2.45) is 0 Å². The average molecular weight is 313 g/mol. The fraction of sp³-hybridized carbons (Fsp3) is 0.333. The number of aliphatic carboxylic acids is 1. The first-order valence-corrected chi connectivity index (χ1v) is 7.79. The molecule has 2 rings (SSSR count). The van der Waals surface area contributed by atoms with E-state index in [2.05, 4.69) is 14.7 Å². The number of sulfonamides is 1. The molecule has 0 spiro atoms. The van der Waals surface area contributed by atoms with Gasteiger partial charge in [-0.1, -0.05) is 13.3 Å². The lowest BCUT2D eigenvalue weighted by Gasteiger charge is -2.13. The summed E-state index contributed by atoms with van der Waals surface area (Å²) in [6.07, 6.45) is 0.724. The van der Waals surface area contributed by atoms with Crippen LogP contribution in [0, 0.1) is 0 Å². The van der Waals surface area contributed by atoms with Crippen molar-refractivity contribution in [3.63, 3.8) is 0 Å². The Kier molecular flexibility index (Phi) is 4.14. The predicted molar refractivity (Wildman–Crippen MR) is 75.6 cm³/mol. The highest BCUT2D eigenvalue weighted by molar-refractivity contribution is 7.89. The number of H-pyrrole nitrogens is 2. The number of aromatic amines is 2. The Balaban J connectivity index is 2.36. The minimum absolute atomic E-state index is 0.104. The monoisotopic (exact) mass is 313 g/mol. The average Bonchev–Trinajstić information content (AvgIpc) is 2.76. The molecule has 9 heteroatoms. The van der Waals surface area contributed by atoms with Gasteiger partial charge in [0.15, 0.2) is 0 Å². The molecule has 0 saturated carbocycles. The Labute approximate surface area is 120 Å². The fourth-order valence-electron chi connectivity index (χ4n) is 1.96. The van der Waals surface area contributed by atoms with Gasteiger partial charge in [-0.25, -0.2) is 13.2 Å². The van der Waals surface area contributed by atoms with Crippen LogP contribution in [0.5, 0.6) is 0 Å². The summed E-state index contributed by atoms with van der Waals surface area (Å²) < 4.78 is 26.5. The number of imidazole rings is 1. The van der Waals surface area contributed by atoms with Crippen molar-refractivity contribution >= 4 is 27.0 Å². The number of carboxylic acids is 1. The normalized spacial score (nSPS) is 13.4. The smallest absolute Gasteiger partial charge is 0.323 e. The molecule has 0 fully saturated rings. The van der Waals surface area contributed by atoms with Gasteiger partial charge in [-0.3, -0.25) is 4.79 Å². The van der Waals surface area contributed by atoms with E-state index in [0.29, 0.717) is 17.5 Å². The van der Waals surface area contributed by atoms with E-state index in [-0.39, 0.29) is 11.3 Å². The van der Waals surface area contributed by atoms with Gasteiger partial charge >= 0.3 is 11.7 Å². The summed E-state index contributed by atoms with van der Waals surface area (Å²) in [5.41, 5.74) is 0.370. The number of rotatable bonds is 6. The zero-order chi connectivity index (χ0) is 15.6. The van der Waals surface area contributed by atoms with Crippen molar-refractivity contribution in [1.82, 2.24) is 14.7 Å². The molecule has 0 aliphatic rings. The third-order valence-electron chi connectivity index (χ3n) is 2.97. The molecular weight excluding hydrogens is 298 g/mol. The Morgan fingerprint density at radius 1 is 1.33 bits per heavy atom. The molecule has 8 nitrogen and oxygen atoms in total. The van der Waals surface area contributed by atoms with Gasteiger partial charge in [0.1, 0.15) is 6.04 Å². The van der Waals surface area contributed by atoms with Gasteiger partial charge < -0.3 is 15.1 Å². The van der Waals surface area contributed by atoms with Crippen LogP contribution in [0.15, 0.2) is 27.9 Å². The molecule has 1 heterocycles. The van der Waals surface area contributed by atoms with Gasteiger partial charge in [0.25, 0.3) is 0 Å². The first-order valence-electron chi connectivity index (χ1n) is 6.30. The molecule has 1 aromatic carbocycles. The second kappa shape index (κ2) is 5.70. The molecule has 1 atom stereocenters. The summed E-state index contributed by atoms with van der Waals surface area (Å²) in [5, 5.41) is 9.01. The van der Waals surface area contributed by atoms with Crippen molar-refractivity contribution < 1.29 is 18.3 Å². The molecule has 0 aliphatic carbocycles. The Hall–Kier alpha value is -2.13. The highest BCUT2D eigenvalue weighted by Gasteiger charge is 2.24. The quantitative estimate of drug-likeness (QED) is 0.612. The lowest BCUT2D eigenvalue weighted by atomic mass is 10.2. The van der Waals surface area contributed by atoms with Gasteiger partial charge in [-0.05, 0) is 24.6 Å². The molecular formula is C12H15N3O5S. The maximum absolute atomic E-state index is 12.2. The van der Waals surface area contributed by atoms with Crippen LogP contribution in [0.2, 0.25) is 0 Å². The molecule has 2 aromatic rings. The standard InChI is InChI=1S/C12H15N3O5S/c1-2-3-9(11(16)17)15-21(19,20)7-4-5-8-10(6-7)14-12(18)13-8/h4-6,9,15H,2-3H2,1H3,(H,16,17)(H2,13,14,18)/t9-/m1/s1. The lowest BCUT2D eigenvalue weighted by molar-refractivity contribution is -0.139. The molecule has 1 aromatic heterocycles. The summed E-state index contributed by atoms with van der Waals surface area (Å²) >= 11 is 0. The van der Waals surface area contributed by atoms with Crippen molar-refractivity contribution in [3.8, 4) is 0 Å². The Morgan fingerprint density at radius 3 is 2.62 bits per heavy atom. The van der Waals surface area contributed by atoms with E-state index in [1.807, 2.05) is 0 Å². The van der Waals surface area contributed by atoms with E-state index < -0.39 is 27.7 Å². The SMILES string of the molecule is CCC[C@@H](NS(=O)(=O)c1ccc2[nH]c(=O)[nH]c2c1)C(=O)O. The van der Waals surface area contributed by atoms with Crippen molar-refractivity contribution in [3.05, 3.63) is 28.7 Å². The number of nitrogens with one attached hydrogen (secondary N) is 3. The minimum Gasteiger partial charge on any atom is -0.480 e. The number of hydrogen-bond acceptors (Lipinski definition) is 4. The summed E-state index contributed by atoms with van der Waals surface area (Å²) in [5.74, 6) is -1.23. The number of carboxylic acid groups (broad SMARTS) is 1. The Bertz CT molecular complexity index is 821. The molecule has 114 valence electrons. The zero-order valence-electron chi connectivity index (χ0n) is 11.2. The van der Waals surface area contributed by atoms with Crippen LogP contribution in [0.3, 0.4) is 0 Å². The second-order valence-electron chi connectivity index (χ2n) is 4.59. The van der Waals surface area contributed by atoms with Crippen LogP contribution in [-0.2, 0) is 14.8 Å². The van der Waals surface area contributed by atoms with Crippen LogP contribution in [-0.4, -0.2) is 35.5 Å². The van der Waals surface area contributed by atoms with Crippen LogP contribution < -0.4 is 10.4 Å². The minimum atomic E-state index is -3.98. The second-order valence-corrected chi connectivity index (χ2v) is 6.30. The van der Waals surface area contributed by atoms with Gasteiger partial charge in [0, 0.05) is 0 Å². The van der Waals surface area contributed by atoms with Gasteiger partial charge in [-0.2, -0.15) is 4.72 Å². The van der Waals surface area contributed by atoms with Crippen LogP contribution in [0.1, 0.15) is 19.8 Å². The van der Waals surface area contributed by atoms with E-state index in [9.17, 15) is 18.0 Å². The Morgan fingerprint density at radius 2 is 2.00 bits per heavy atom. The van der Waals surface area contributed by atoms with Crippen molar-refractivity contribution in [2.45, 2.75) is 30.7 Å². The molecule has 0 radical (unpaired) electrons. The summed E-state index contributed by atoms with van der Waals surface area (Å²) in [7, 11) is -3.98. The largest absolute Gasteiger partial charge is 0.480 e. The van der Waals surface area contributed by atoms with Gasteiger partial charge in [-0.15, -0.1) is 0 Å². The lowest BCUT2D eigenvalue weighted by Crippen LogP contribution is -2.40. The van der Waals surface area contributed by atoms with E-state index in [1.165, 1.54) is 18.2 Å². The maximum atomic E-state index is 12.2. The van der Waals surface area contributed by atoms with Gasteiger partial charge in [0.05, 0.1) is 15.9 Å². The van der Waals surface area contributed by atoms with E-state index in [0.717, 1.165) is 0 Å². The molecule has 0 unspecified atom stereocenters. The number of benzene rings is 1. The molecule has 0 bridgehead atoms. The number of aromatic nitrogens is 2. The summed E-state index contributed by atoms with van der Waals surface area (Å²) in [6, 6.07) is 2.85. The van der Waals surface area contributed by atoms with Crippen molar-refractivity contribution in [1.29, 1.82) is 0 Å². The zero-order valence-corrected chi connectivity index (χ0v) is 12.0. The van der Waals surface area contributed by atoms with Crippen LogP contribution in [0.4, 0.5) is 0 Å². The number of hydrogen-bond donors (Lipinski definition) is 4.